The van der Waals surface area contributed by atoms with Crippen molar-refractivity contribution in [3.63, 3.8) is 0 Å². The van der Waals surface area contributed by atoms with Gasteiger partial charge in [0.1, 0.15) is 0 Å². The summed E-state index contributed by atoms with van der Waals surface area (Å²) in [5.41, 5.74) is 5.12. The SMILES string of the molecule is Cc1ccc(NC(=O)Nc2ccc(N3CCCC3)c(C(=O)NC(C)C)c2)cc1C. The van der Waals surface area contributed by atoms with Crippen LogP contribution >= 0.6 is 0 Å². The van der Waals surface area contributed by atoms with Gasteiger partial charge in [0.2, 0.25) is 0 Å². The molecule has 0 saturated carbocycles. The van der Waals surface area contributed by atoms with Crippen LogP contribution in [0.2, 0.25) is 0 Å². The van der Waals surface area contributed by atoms with Crippen molar-refractivity contribution in [2.24, 2.45) is 0 Å². The molecule has 3 N–H and O–H groups in total. The Hall–Kier alpha value is -3.02. The molecule has 2 aromatic rings. The Balaban J connectivity index is 1.78. The molecule has 1 aliphatic heterocycles. The van der Waals surface area contributed by atoms with E-state index >= 15 is 0 Å². The molecular formula is C23H30N4O2. The summed E-state index contributed by atoms with van der Waals surface area (Å²) < 4.78 is 0. The van der Waals surface area contributed by atoms with Crippen molar-refractivity contribution < 1.29 is 9.59 Å². The van der Waals surface area contributed by atoms with E-state index in [2.05, 4.69) is 20.9 Å². The number of rotatable bonds is 5. The average molecular weight is 395 g/mol. The molecular weight excluding hydrogens is 364 g/mol. The van der Waals surface area contributed by atoms with E-state index in [4.69, 9.17) is 0 Å². The summed E-state index contributed by atoms with van der Waals surface area (Å²) in [6.07, 6.45) is 2.26. The fourth-order valence-electron chi connectivity index (χ4n) is 3.48. The molecule has 1 fully saturated rings. The molecule has 0 aromatic heterocycles. The largest absolute Gasteiger partial charge is 0.371 e. The number of carbonyl (C=O) groups excluding carboxylic acids is 2. The maximum Gasteiger partial charge on any atom is 0.323 e. The highest BCUT2D eigenvalue weighted by Gasteiger charge is 2.21. The standard InChI is InChI=1S/C23H30N4O2/c1-15(2)24-22(28)20-14-19(9-10-21(20)27-11-5-6-12-27)26-23(29)25-18-8-7-16(3)17(4)13-18/h7-10,13-15H,5-6,11-12H2,1-4H3,(H,24,28)(H2,25,26,29). The zero-order chi connectivity index (χ0) is 21.0. The van der Waals surface area contributed by atoms with Crippen molar-refractivity contribution in [1.82, 2.24) is 5.32 Å². The lowest BCUT2D eigenvalue weighted by atomic mass is 10.1. The second-order valence-corrected chi connectivity index (χ2v) is 7.93. The van der Waals surface area contributed by atoms with E-state index < -0.39 is 0 Å². The van der Waals surface area contributed by atoms with Crippen LogP contribution in [0.5, 0.6) is 0 Å². The van der Waals surface area contributed by atoms with Crippen LogP contribution in [-0.4, -0.2) is 31.1 Å². The Morgan fingerprint density at radius 1 is 0.897 bits per heavy atom. The van der Waals surface area contributed by atoms with E-state index in [1.165, 1.54) is 5.56 Å². The second-order valence-electron chi connectivity index (χ2n) is 7.93. The van der Waals surface area contributed by atoms with Crippen LogP contribution in [0, 0.1) is 13.8 Å². The van der Waals surface area contributed by atoms with Crippen LogP contribution in [0.25, 0.3) is 0 Å². The number of benzene rings is 2. The van der Waals surface area contributed by atoms with Crippen molar-refractivity contribution in [3.8, 4) is 0 Å². The summed E-state index contributed by atoms with van der Waals surface area (Å²) in [6, 6.07) is 11.0. The van der Waals surface area contributed by atoms with Crippen LogP contribution < -0.4 is 20.9 Å². The molecule has 0 radical (unpaired) electrons. The van der Waals surface area contributed by atoms with Crippen LogP contribution in [0.4, 0.5) is 21.9 Å². The van der Waals surface area contributed by atoms with E-state index in [1.807, 2.05) is 58.0 Å². The Labute approximate surface area is 172 Å². The van der Waals surface area contributed by atoms with Crippen molar-refractivity contribution in [3.05, 3.63) is 53.1 Å². The van der Waals surface area contributed by atoms with E-state index in [9.17, 15) is 9.59 Å². The minimum atomic E-state index is -0.336. The number of urea groups is 1. The molecule has 3 rings (SSSR count). The first kappa shape index (κ1) is 20.7. The molecule has 1 heterocycles. The molecule has 0 spiro atoms. The van der Waals surface area contributed by atoms with Crippen molar-refractivity contribution >= 4 is 29.0 Å². The van der Waals surface area contributed by atoms with E-state index in [0.29, 0.717) is 11.3 Å². The zero-order valence-electron chi connectivity index (χ0n) is 17.6. The van der Waals surface area contributed by atoms with Crippen molar-refractivity contribution in [2.75, 3.05) is 28.6 Å². The number of carbonyl (C=O) groups is 2. The van der Waals surface area contributed by atoms with E-state index in [-0.39, 0.29) is 18.0 Å². The van der Waals surface area contributed by atoms with Crippen molar-refractivity contribution in [2.45, 2.75) is 46.6 Å². The van der Waals surface area contributed by atoms with Gasteiger partial charge in [-0.05, 0) is 82.0 Å². The molecule has 29 heavy (non-hydrogen) atoms. The van der Waals surface area contributed by atoms with Crippen LogP contribution in [-0.2, 0) is 0 Å². The van der Waals surface area contributed by atoms with Gasteiger partial charge in [0, 0.05) is 36.2 Å². The number of amides is 3. The highest BCUT2D eigenvalue weighted by atomic mass is 16.2. The van der Waals surface area contributed by atoms with Gasteiger partial charge in [0.15, 0.2) is 0 Å². The van der Waals surface area contributed by atoms with Gasteiger partial charge in [-0.25, -0.2) is 4.79 Å². The first-order valence-electron chi connectivity index (χ1n) is 10.2. The molecule has 1 saturated heterocycles. The first-order valence-corrected chi connectivity index (χ1v) is 10.2. The van der Waals surface area contributed by atoms with E-state index in [1.54, 1.807) is 6.07 Å². The molecule has 0 atom stereocenters. The fourth-order valence-corrected chi connectivity index (χ4v) is 3.48. The number of anilines is 3. The van der Waals surface area contributed by atoms with Gasteiger partial charge in [-0.15, -0.1) is 0 Å². The second kappa shape index (κ2) is 8.99. The third kappa shape index (κ3) is 5.28. The molecule has 1 aliphatic rings. The third-order valence-corrected chi connectivity index (χ3v) is 5.13. The normalized spacial score (nSPS) is 13.5. The molecule has 0 unspecified atom stereocenters. The summed E-state index contributed by atoms with van der Waals surface area (Å²) in [6.45, 7) is 9.81. The predicted octanol–water partition coefficient (Wildman–Crippen LogP) is 4.69. The summed E-state index contributed by atoms with van der Waals surface area (Å²) in [5.74, 6) is -0.125. The van der Waals surface area contributed by atoms with E-state index in [0.717, 1.165) is 42.9 Å². The topological polar surface area (TPSA) is 73.5 Å². The maximum atomic E-state index is 12.8. The minimum Gasteiger partial charge on any atom is -0.371 e. The molecule has 6 heteroatoms. The average Bonchev–Trinajstić information content (AvgIpc) is 3.18. The Kier molecular flexibility index (Phi) is 6.42. The minimum absolute atomic E-state index is 0.0404. The van der Waals surface area contributed by atoms with Gasteiger partial charge in [-0.3, -0.25) is 4.79 Å². The monoisotopic (exact) mass is 394 g/mol. The number of hydrogen-bond donors (Lipinski definition) is 3. The molecule has 0 aliphatic carbocycles. The van der Waals surface area contributed by atoms with Gasteiger partial charge in [-0.2, -0.15) is 0 Å². The van der Waals surface area contributed by atoms with Crippen LogP contribution in [0.3, 0.4) is 0 Å². The van der Waals surface area contributed by atoms with Crippen LogP contribution in [0.15, 0.2) is 36.4 Å². The van der Waals surface area contributed by atoms with Crippen molar-refractivity contribution in [1.29, 1.82) is 0 Å². The smallest absolute Gasteiger partial charge is 0.323 e. The number of nitrogens with zero attached hydrogens (tertiary/aromatic N) is 1. The van der Waals surface area contributed by atoms with Gasteiger partial charge in [-0.1, -0.05) is 6.07 Å². The summed E-state index contributed by atoms with van der Waals surface area (Å²) >= 11 is 0. The quantitative estimate of drug-likeness (QED) is 0.689. The van der Waals surface area contributed by atoms with Gasteiger partial charge in [0.05, 0.1) is 5.56 Å². The lowest BCUT2D eigenvalue weighted by Gasteiger charge is -2.22. The summed E-state index contributed by atoms with van der Waals surface area (Å²) in [7, 11) is 0. The highest BCUT2D eigenvalue weighted by Crippen LogP contribution is 2.28. The van der Waals surface area contributed by atoms with Gasteiger partial charge < -0.3 is 20.9 Å². The number of hydrogen-bond acceptors (Lipinski definition) is 3. The molecule has 154 valence electrons. The van der Waals surface area contributed by atoms with Gasteiger partial charge >= 0.3 is 6.03 Å². The lowest BCUT2D eigenvalue weighted by Crippen LogP contribution is -2.32. The fraction of sp³-hybridized carbons (Fsp3) is 0.391. The molecule has 2 aromatic carbocycles. The number of aryl methyl sites for hydroxylation is 2. The first-order chi connectivity index (χ1) is 13.8. The van der Waals surface area contributed by atoms with Gasteiger partial charge in [0.25, 0.3) is 5.91 Å². The Bertz CT molecular complexity index is 902. The third-order valence-electron chi connectivity index (χ3n) is 5.13. The Morgan fingerprint density at radius 3 is 2.14 bits per heavy atom. The van der Waals surface area contributed by atoms with Crippen LogP contribution in [0.1, 0.15) is 48.2 Å². The highest BCUT2D eigenvalue weighted by molar-refractivity contribution is 6.04. The zero-order valence-corrected chi connectivity index (χ0v) is 17.6. The molecule has 6 nitrogen and oxygen atoms in total. The Morgan fingerprint density at radius 2 is 1.52 bits per heavy atom. The summed E-state index contributed by atoms with van der Waals surface area (Å²) in [4.78, 5) is 27.4. The molecule has 3 amide bonds. The lowest BCUT2D eigenvalue weighted by molar-refractivity contribution is 0.0943. The summed E-state index contributed by atoms with van der Waals surface area (Å²) in [5, 5.41) is 8.65. The number of nitrogens with one attached hydrogen (secondary N) is 3. The predicted molar refractivity (Wildman–Crippen MR) is 119 cm³/mol. The maximum absolute atomic E-state index is 12.8. The molecule has 0 bridgehead atoms.